The molecule has 1 aromatic carbocycles. The summed E-state index contributed by atoms with van der Waals surface area (Å²) in [6.45, 7) is 3.05. The summed E-state index contributed by atoms with van der Waals surface area (Å²) in [5.74, 6) is 0.686. The lowest BCUT2D eigenvalue weighted by Crippen LogP contribution is -2.28. The number of hydrogen-bond donors (Lipinski definition) is 2. The molecule has 0 bridgehead atoms. The fourth-order valence-corrected chi connectivity index (χ4v) is 2.23. The first-order valence-corrected chi connectivity index (χ1v) is 7.12. The predicted molar refractivity (Wildman–Crippen MR) is 85.0 cm³/mol. The van der Waals surface area contributed by atoms with Crippen LogP contribution in [0.1, 0.15) is 16.1 Å². The molecule has 3 aromatic rings. The van der Waals surface area contributed by atoms with Crippen LogP contribution >= 0.6 is 0 Å². The molecule has 0 aliphatic heterocycles. The molecule has 3 rings (SSSR count). The zero-order valence-electron chi connectivity index (χ0n) is 12.3. The van der Waals surface area contributed by atoms with Gasteiger partial charge >= 0.3 is 0 Å². The fourth-order valence-electron chi connectivity index (χ4n) is 2.23. The number of rotatable bonds is 5. The minimum Gasteiger partial charge on any atom is -0.367 e. The van der Waals surface area contributed by atoms with Crippen molar-refractivity contribution >= 4 is 17.2 Å². The van der Waals surface area contributed by atoms with Crippen molar-refractivity contribution < 1.29 is 4.79 Å². The van der Waals surface area contributed by atoms with E-state index in [4.69, 9.17) is 0 Å². The van der Waals surface area contributed by atoms with Gasteiger partial charge in [0.1, 0.15) is 5.52 Å². The van der Waals surface area contributed by atoms with Crippen LogP contribution in [0.5, 0.6) is 0 Å². The first-order chi connectivity index (χ1) is 10.7. The van der Waals surface area contributed by atoms with E-state index in [0.717, 1.165) is 17.0 Å². The smallest absolute Gasteiger partial charge is 0.251 e. The van der Waals surface area contributed by atoms with Gasteiger partial charge in [0.05, 0.1) is 5.69 Å². The fraction of sp³-hybridized carbons (Fsp3) is 0.188. The summed E-state index contributed by atoms with van der Waals surface area (Å²) in [6, 6.07) is 11.1. The van der Waals surface area contributed by atoms with E-state index in [0.29, 0.717) is 18.7 Å². The largest absolute Gasteiger partial charge is 0.367 e. The Morgan fingerprint density at radius 1 is 1.23 bits per heavy atom. The molecule has 0 atom stereocenters. The van der Waals surface area contributed by atoms with Gasteiger partial charge in [-0.1, -0.05) is 18.2 Å². The Hall–Kier alpha value is -2.89. The summed E-state index contributed by atoms with van der Waals surface area (Å²) in [6.07, 6.45) is 3.51. The van der Waals surface area contributed by atoms with Gasteiger partial charge in [0, 0.05) is 31.0 Å². The number of anilines is 1. The predicted octanol–water partition coefficient (Wildman–Crippen LogP) is 1.88. The molecule has 2 aromatic heterocycles. The van der Waals surface area contributed by atoms with Crippen LogP contribution in [0.25, 0.3) is 5.52 Å². The van der Waals surface area contributed by atoms with Crippen LogP contribution in [-0.4, -0.2) is 33.6 Å². The lowest BCUT2D eigenvalue weighted by molar-refractivity contribution is 0.0955. The summed E-state index contributed by atoms with van der Waals surface area (Å²) in [7, 11) is 0. The molecule has 0 aliphatic carbocycles. The van der Waals surface area contributed by atoms with E-state index in [1.54, 1.807) is 22.8 Å². The van der Waals surface area contributed by atoms with Crippen molar-refractivity contribution in [3.63, 3.8) is 0 Å². The Morgan fingerprint density at radius 2 is 2.05 bits per heavy atom. The summed E-state index contributed by atoms with van der Waals surface area (Å²) in [5.41, 5.74) is 2.52. The molecule has 0 radical (unpaired) electrons. The van der Waals surface area contributed by atoms with Crippen LogP contribution in [0.3, 0.4) is 0 Å². The third-order valence-corrected chi connectivity index (χ3v) is 3.25. The minimum absolute atomic E-state index is 0.0752. The van der Waals surface area contributed by atoms with Crippen molar-refractivity contribution in [1.29, 1.82) is 0 Å². The highest BCUT2D eigenvalue weighted by atomic mass is 16.1. The molecule has 0 fully saturated rings. The van der Waals surface area contributed by atoms with E-state index in [2.05, 4.69) is 20.7 Å². The molecule has 22 heavy (non-hydrogen) atoms. The Kier molecular flexibility index (Phi) is 4.00. The molecule has 2 N–H and O–H groups in total. The topological polar surface area (TPSA) is 71.3 Å². The molecular formula is C16H17N5O. The second-order valence-electron chi connectivity index (χ2n) is 4.94. The Balaban J connectivity index is 1.55. The van der Waals surface area contributed by atoms with E-state index in [1.165, 1.54) is 0 Å². The van der Waals surface area contributed by atoms with E-state index < -0.39 is 0 Å². The number of fused-ring (bicyclic) bond motifs is 1. The molecule has 6 nitrogen and oxygen atoms in total. The number of hydrogen-bond acceptors (Lipinski definition) is 4. The Bertz CT molecular complexity index is 782. The van der Waals surface area contributed by atoms with Crippen LogP contribution in [0.2, 0.25) is 0 Å². The maximum atomic E-state index is 11.9. The van der Waals surface area contributed by atoms with Gasteiger partial charge in [0.15, 0.2) is 5.82 Å². The van der Waals surface area contributed by atoms with Gasteiger partial charge in [-0.05, 0) is 25.1 Å². The number of aromatic nitrogens is 3. The van der Waals surface area contributed by atoms with Gasteiger partial charge in [-0.25, -0.2) is 9.50 Å². The third kappa shape index (κ3) is 3.06. The SMILES string of the molecule is Cc1cc2c(NCCNC(=O)c3ccccc3)nccn2n1. The minimum atomic E-state index is -0.0752. The van der Waals surface area contributed by atoms with Gasteiger partial charge in [-0.2, -0.15) is 5.10 Å². The van der Waals surface area contributed by atoms with Crippen molar-refractivity contribution in [2.45, 2.75) is 6.92 Å². The monoisotopic (exact) mass is 295 g/mol. The quantitative estimate of drug-likeness (QED) is 0.705. The Labute approximate surface area is 128 Å². The van der Waals surface area contributed by atoms with Crippen LogP contribution in [0.4, 0.5) is 5.82 Å². The standard InChI is InChI=1S/C16H17N5O/c1-12-11-14-15(18-9-10-21(14)20-12)17-7-8-19-16(22)13-5-3-2-4-6-13/h2-6,9-11H,7-8H2,1H3,(H,17,18)(H,19,22). The average molecular weight is 295 g/mol. The van der Waals surface area contributed by atoms with Crippen molar-refractivity contribution in [3.8, 4) is 0 Å². The zero-order chi connectivity index (χ0) is 15.4. The third-order valence-electron chi connectivity index (χ3n) is 3.25. The zero-order valence-corrected chi connectivity index (χ0v) is 12.3. The maximum absolute atomic E-state index is 11.9. The normalized spacial score (nSPS) is 10.6. The number of carbonyl (C=O) groups is 1. The van der Waals surface area contributed by atoms with Crippen molar-refractivity contribution in [1.82, 2.24) is 19.9 Å². The molecule has 0 saturated heterocycles. The van der Waals surface area contributed by atoms with Gasteiger partial charge < -0.3 is 10.6 Å². The van der Waals surface area contributed by atoms with Crippen molar-refractivity contribution in [3.05, 3.63) is 60.0 Å². The summed E-state index contributed by atoms with van der Waals surface area (Å²) < 4.78 is 1.78. The first kappa shape index (κ1) is 14.1. The van der Waals surface area contributed by atoms with Crippen molar-refractivity contribution in [2.75, 3.05) is 18.4 Å². The maximum Gasteiger partial charge on any atom is 0.251 e. The van der Waals surface area contributed by atoms with Crippen LogP contribution in [0.15, 0.2) is 48.8 Å². The molecule has 0 unspecified atom stereocenters. The number of benzene rings is 1. The average Bonchev–Trinajstić information content (AvgIpc) is 2.93. The van der Waals surface area contributed by atoms with E-state index in [-0.39, 0.29) is 5.91 Å². The number of nitrogens with one attached hydrogen (secondary N) is 2. The van der Waals surface area contributed by atoms with Crippen LogP contribution < -0.4 is 10.6 Å². The lowest BCUT2D eigenvalue weighted by atomic mass is 10.2. The molecule has 1 amide bonds. The summed E-state index contributed by atoms with van der Waals surface area (Å²) in [5, 5.41) is 10.4. The highest BCUT2D eigenvalue weighted by Gasteiger charge is 2.06. The van der Waals surface area contributed by atoms with Crippen LogP contribution in [0, 0.1) is 6.92 Å². The number of amides is 1. The van der Waals surface area contributed by atoms with Gasteiger partial charge in [-0.3, -0.25) is 4.79 Å². The van der Waals surface area contributed by atoms with Crippen LogP contribution in [-0.2, 0) is 0 Å². The molecule has 0 aliphatic rings. The van der Waals surface area contributed by atoms with Crippen molar-refractivity contribution in [2.24, 2.45) is 0 Å². The van der Waals surface area contributed by atoms with Gasteiger partial charge in [0.25, 0.3) is 5.91 Å². The molecule has 0 saturated carbocycles. The Morgan fingerprint density at radius 3 is 2.86 bits per heavy atom. The number of nitrogens with zero attached hydrogens (tertiary/aromatic N) is 3. The molecule has 112 valence electrons. The van der Waals surface area contributed by atoms with E-state index in [9.17, 15) is 4.79 Å². The number of aryl methyl sites for hydroxylation is 1. The van der Waals surface area contributed by atoms with E-state index >= 15 is 0 Å². The van der Waals surface area contributed by atoms with E-state index in [1.807, 2.05) is 37.4 Å². The lowest BCUT2D eigenvalue weighted by Gasteiger charge is -2.08. The highest BCUT2D eigenvalue weighted by molar-refractivity contribution is 5.94. The highest BCUT2D eigenvalue weighted by Crippen LogP contribution is 2.13. The van der Waals surface area contributed by atoms with Gasteiger partial charge in [-0.15, -0.1) is 0 Å². The summed E-state index contributed by atoms with van der Waals surface area (Å²) >= 11 is 0. The molecule has 6 heteroatoms. The molecule has 2 heterocycles. The van der Waals surface area contributed by atoms with Gasteiger partial charge in [0.2, 0.25) is 0 Å². The number of carbonyl (C=O) groups excluding carboxylic acids is 1. The first-order valence-electron chi connectivity index (χ1n) is 7.12. The molecule has 0 spiro atoms. The second-order valence-corrected chi connectivity index (χ2v) is 4.94. The summed E-state index contributed by atoms with van der Waals surface area (Å²) in [4.78, 5) is 16.2. The second kappa shape index (κ2) is 6.26. The molecular weight excluding hydrogens is 278 g/mol.